The molecular formula is C10H9N3O3S2. The first-order valence-electron chi connectivity index (χ1n) is 4.98. The highest BCUT2D eigenvalue weighted by atomic mass is 32.1. The molecule has 2 heterocycles. The maximum atomic E-state index is 11.6. The van der Waals surface area contributed by atoms with Crippen molar-refractivity contribution in [2.24, 2.45) is 0 Å². The molecule has 0 aliphatic rings. The van der Waals surface area contributed by atoms with E-state index in [9.17, 15) is 9.59 Å². The normalized spacial score (nSPS) is 10.2. The number of rotatable bonds is 5. The van der Waals surface area contributed by atoms with Gasteiger partial charge < -0.3 is 10.4 Å². The maximum absolute atomic E-state index is 11.6. The largest absolute Gasteiger partial charge is 0.481 e. The van der Waals surface area contributed by atoms with E-state index in [0.717, 1.165) is 0 Å². The van der Waals surface area contributed by atoms with E-state index < -0.39 is 5.97 Å². The molecule has 6 nitrogen and oxygen atoms in total. The summed E-state index contributed by atoms with van der Waals surface area (Å²) >= 11 is 2.62. The van der Waals surface area contributed by atoms with E-state index in [0.29, 0.717) is 15.8 Å². The standard InChI is InChI=1S/C10H9N3O3S2/c14-7(13-10-11-1-2-17-10)4-8-12-6(5-18-8)3-9(15)16/h1-2,5H,3-4H2,(H,15,16)(H,11,13,14). The van der Waals surface area contributed by atoms with Crippen molar-refractivity contribution in [3.05, 3.63) is 27.7 Å². The lowest BCUT2D eigenvalue weighted by Gasteiger charge is -1.98. The zero-order valence-electron chi connectivity index (χ0n) is 9.12. The Morgan fingerprint density at radius 3 is 2.83 bits per heavy atom. The number of nitrogens with one attached hydrogen (secondary N) is 1. The van der Waals surface area contributed by atoms with E-state index in [-0.39, 0.29) is 18.7 Å². The number of anilines is 1. The van der Waals surface area contributed by atoms with E-state index in [4.69, 9.17) is 5.11 Å². The number of carboxylic acid groups (broad SMARTS) is 1. The fourth-order valence-electron chi connectivity index (χ4n) is 1.25. The van der Waals surface area contributed by atoms with Gasteiger partial charge in [-0.25, -0.2) is 9.97 Å². The molecule has 0 saturated carbocycles. The lowest BCUT2D eigenvalue weighted by Crippen LogP contribution is -2.14. The van der Waals surface area contributed by atoms with Crippen molar-refractivity contribution < 1.29 is 14.7 Å². The molecule has 94 valence electrons. The SMILES string of the molecule is O=C(O)Cc1csc(CC(=O)Nc2nccs2)n1. The molecule has 0 aliphatic heterocycles. The van der Waals surface area contributed by atoms with Gasteiger partial charge in [0.05, 0.1) is 18.5 Å². The van der Waals surface area contributed by atoms with Crippen LogP contribution in [0.2, 0.25) is 0 Å². The van der Waals surface area contributed by atoms with E-state index >= 15 is 0 Å². The second kappa shape index (κ2) is 5.69. The van der Waals surface area contributed by atoms with Crippen LogP contribution in [0.5, 0.6) is 0 Å². The topological polar surface area (TPSA) is 92.2 Å². The van der Waals surface area contributed by atoms with Crippen LogP contribution in [-0.4, -0.2) is 27.0 Å². The minimum atomic E-state index is -0.931. The fraction of sp³-hybridized carbons (Fsp3) is 0.200. The Kier molecular flexibility index (Phi) is 4.00. The van der Waals surface area contributed by atoms with Gasteiger partial charge in [0.2, 0.25) is 5.91 Å². The van der Waals surface area contributed by atoms with Gasteiger partial charge in [-0.3, -0.25) is 9.59 Å². The molecule has 2 rings (SSSR count). The second-order valence-electron chi connectivity index (χ2n) is 3.37. The van der Waals surface area contributed by atoms with E-state index in [1.165, 1.54) is 22.7 Å². The van der Waals surface area contributed by atoms with Crippen molar-refractivity contribution in [3.63, 3.8) is 0 Å². The smallest absolute Gasteiger partial charge is 0.309 e. The van der Waals surface area contributed by atoms with Crippen LogP contribution in [0.1, 0.15) is 10.7 Å². The molecule has 0 unspecified atom stereocenters. The van der Waals surface area contributed by atoms with Gasteiger partial charge in [0.15, 0.2) is 5.13 Å². The molecule has 0 aliphatic carbocycles. The third-order valence-electron chi connectivity index (χ3n) is 1.92. The van der Waals surface area contributed by atoms with Gasteiger partial charge in [0, 0.05) is 17.0 Å². The van der Waals surface area contributed by atoms with E-state index in [2.05, 4.69) is 15.3 Å². The van der Waals surface area contributed by atoms with Gasteiger partial charge >= 0.3 is 5.97 Å². The molecular weight excluding hydrogens is 274 g/mol. The Hall–Kier alpha value is -1.80. The predicted molar refractivity (Wildman–Crippen MR) is 67.9 cm³/mol. The molecule has 18 heavy (non-hydrogen) atoms. The van der Waals surface area contributed by atoms with E-state index in [1.807, 2.05) is 0 Å². The van der Waals surface area contributed by atoms with Crippen LogP contribution in [0.15, 0.2) is 17.0 Å². The molecule has 0 aromatic carbocycles. The number of carbonyl (C=O) groups excluding carboxylic acids is 1. The Morgan fingerprint density at radius 1 is 1.33 bits per heavy atom. The van der Waals surface area contributed by atoms with Crippen LogP contribution < -0.4 is 5.32 Å². The van der Waals surface area contributed by atoms with Crippen molar-refractivity contribution >= 4 is 39.7 Å². The van der Waals surface area contributed by atoms with Crippen molar-refractivity contribution in [2.75, 3.05) is 5.32 Å². The van der Waals surface area contributed by atoms with Gasteiger partial charge in [-0.2, -0.15) is 0 Å². The number of amides is 1. The highest BCUT2D eigenvalue weighted by molar-refractivity contribution is 7.13. The third-order valence-corrected chi connectivity index (χ3v) is 3.51. The molecule has 1 amide bonds. The quantitative estimate of drug-likeness (QED) is 0.865. The average molecular weight is 283 g/mol. The minimum Gasteiger partial charge on any atom is -0.481 e. The van der Waals surface area contributed by atoms with Crippen LogP contribution in [0.4, 0.5) is 5.13 Å². The summed E-state index contributed by atoms with van der Waals surface area (Å²) in [7, 11) is 0. The summed E-state index contributed by atoms with van der Waals surface area (Å²) in [6, 6.07) is 0. The molecule has 8 heteroatoms. The number of carbonyl (C=O) groups is 2. The zero-order chi connectivity index (χ0) is 13.0. The number of aliphatic carboxylic acids is 1. The van der Waals surface area contributed by atoms with Crippen LogP contribution in [-0.2, 0) is 22.4 Å². The van der Waals surface area contributed by atoms with Crippen LogP contribution in [0.3, 0.4) is 0 Å². The minimum absolute atomic E-state index is 0.120. The molecule has 0 radical (unpaired) electrons. The fourth-order valence-corrected chi connectivity index (χ4v) is 2.59. The number of nitrogens with zero attached hydrogens (tertiary/aromatic N) is 2. The van der Waals surface area contributed by atoms with Gasteiger partial charge in [-0.05, 0) is 0 Å². The summed E-state index contributed by atoms with van der Waals surface area (Å²) in [4.78, 5) is 30.1. The van der Waals surface area contributed by atoms with Gasteiger partial charge in [0.25, 0.3) is 0 Å². The Bertz CT molecular complexity index is 550. The van der Waals surface area contributed by atoms with Crippen molar-refractivity contribution in [2.45, 2.75) is 12.8 Å². The lowest BCUT2D eigenvalue weighted by atomic mass is 10.3. The van der Waals surface area contributed by atoms with Crippen molar-refractivity contribution in [1.82, 2.24) is 9.97 Å². The summed E-state index contributed by atoms with van der Waals surface area (Å²) in [6.45, 7) is 0. The van der Waals surface area contributed by atoms with Crippen molar-refractivity contribution in [3.8, 4) is 0 Å². The number of hydrogen-bond donors (Lipinski definition) is 2. The Labute approximate surface area is 110 Å². The molecule has 0 fully saturated rings. The first kappa shape index (κ1) is 12.7. The molecule has 0 saturated heterocycles. The predicted octanol–water partition coefficient (Wildman–Crippen LogP) is 1.41. The molecule has 0 atom stereocenters. The van der Waals surface area contributed by atoms with Crippen LogP contribution in [0, 0.1) is 0 Å². The number of thiazole rings is 2. The van der Waals surface area contributed by atoms with Crippen LogP contribution in [0.25, 0.3) is 0 Å². The first-order valence-corrected chi connectivity index (χ1v) is 6.74. The number of aromatic nitrogens is 2. The summed E-state index contributed by atoms with van der Waals surface area (Å²) in [5, 5.41) is 15.8. The average Bonchev–Trinajstić information content (AvgIpc) is 2.89. The summed E-state index contributed by atoms with van der Waals surface area (Å²) in [5.74, 6) is -1.14. The zero-order valence-corrected chi connectivity index (χ0v) is 10.8. The van der Waals surface area contributed by atoms with Crippen molar-refractivity contribution in [1.29, 1.82) is 0 Å². The summed E-state index contributed by atoms with van der Waals surface area (Å²) in [6.07, 6.45) is 1.61. The Balaban J connectivity index is 1.91. The molecule has 2 aromatic rings. The summed E-state index contributed by atoms with van der Waals surface area (Å²) in [5.41, 5.74) is 0.476. The lowest BCUT2D eigenvalue weighted by molar-refractivity contribution is -0.136. The van der Waals surface area contributed by atoms with Crippen LogP contribution >= 0.6 is 22.7 Å². The highest BCUT2D eigenvalue weighted by Gasteiger charge is 2.10. The first-order chi connectivity index (χ1) is 8.63. The molecule has 2 N–H and O–H groups in total. The molecule has 2 aromatic heterocycles. The summed E-state index contributed by atoms with van der Waals surface area (Å²) < 4.78 is 0. The molecule has 0 bridgehead atoms. The number of hydrogen-bond acceptors (Lipinski definition) is 6. The monoisotopic (exact) mass is 283 g/mol. The molecule has 0 spiro atoms. The van der Waals surface area contributed by atoms with Gasteiger partial charge in [0.1, 0.15) is 5.01 Å². The van der Waals surface area contributed by atoms with Gasteiger partial charge in [-0.1, -0.05) is 0 Å². The second-order valence-corrected chi connectivity index (χ2v) is 5.20. The Morgan fingerprint density at radius 2 is 2.17 bits per heavy atom. The van der Waals surface area contributed by atoms with Gasteiger partial charge in [-0.15, -0.1) is 22.7 Å². The highest BCUT2D eigenvalue weighted by Crippen LogP contribution is 2.14. The van der Waals surface area contributed by atoms with E-state index in [1.54, 1.807) is 17.0 Å². The number of carboxylic acids is 1. The maximum Gasteiger partial charge on any atom is 0.309 e. The third kappa shape index (κ3) is 3.60.